The predicted octanol–water partition coefficient (Wildman–Crippen LogP) is 15.2. The molecule has 20 atom stereocenters. The minimum Gasteiger partial charge on any atom is -0.463 e. The molecule has 0 N–H and O–H groups in total. The van der Waals surface area contributed by atoms with E-state index < -0.39 is 219 Å². The van der Waals surface area contributed by atoms with Crippen molar-refractivity contribution in [2.75, 3.05) is 26.4 Å². The predicted molar refractivity (Wildman–Crippen MR) is 467 cm³/mol. The number of carbonyl (C=O) groups is 8. The largest absolute Gasteiger partial charge is 0.463 e. The number of Topliss-reactive ketones (excluding diaryl/α,β-unsaturated/α-hetero) is 2. The molecule has 127 heavy (non-hydrogen) atoms. The van der Waals surface area contributed by atoms with Gasteiger partial charge < -0.3 is 99.0 Å². The lowest BCUT2D eigenvalue weighted by Gasteiger charge is -2.52. The first kappa shape index (κ1) is 99.9. The van der Waals surface area contributed by atoms with Crippen LogP contribution in [0.3, 0.4) is 0 Å². The topological polar surface area (TPSA) is 409 Å². The summed E-state index contributed by atoms with van der Waals surface area (Å²) >= 11 is 3.55. The number of esters is 6. The van der Waals surface area contributed by atoms with E-state index in [1.54, 1.807) is 78.9 Å². The van der Waals surface area contributed by atoms with E-state index in [-0.39, 0.29) is 62.3 Å². The monoisotopic (exact) mass is 1860 g/mol. The van der Waals surface area contributed by atoms with Crippen LogP contribution in [0.5, 0.6) is 0 Å². The number of azide groups is 2. The van der Waals surface area contributed by atoms with Crippen molar-refractivity contribution in [3.8, 4) is 0 Å². The van der Waals surface area contributed by atoms with E-state index >= 15 is 4.79 Å². The molecule has 0 aliphatic carbocycles. The molecule has 0 unspecified atom stereocenters. The fourth-order valence-electron chi connectivity index (χ4n) is 14.1. The van der Waals surface area contributed by atoms with Gasteiger partial charge in [0.15, 0.2) is 47.7 Å². The van der Waals surface area contributed by atoms with Crippen LogP contribution in [0.15, 0.2) is 172 Å². The maximum Gasteiger partial charge on any atom is 0.338 e. The van der Waals surface area contributed by atoms with Gasteiger partial charge in [-0.15, -0.1) is 0 Å². The normalized spacial score (nSPS) is 26.3. The summed E-state index contributed by atoms with van der Waals surface area (Å²) in [5.41, 5.74) is 24.6. The van der Waals surface area contributed by atoms with E-state index in [4.69, 9.17) is 89.4 Å². The third-order valence-electron chi connectivity index (χ3n) is 23.0. The van der Waals surface area contributed by atoms with Crippen LogP contribution in [0.2, 0.25) is 36.3 Å². The van der Waals surface area contributed by atoms with Crippen molar-refractivity contribution in [3.05, 3.63) is 211 Å². The highest BCUT2D eigenvalue weighted by molar-refractivity contribution is 9.10. The standard InChI is InChI=1S/C91H115BrN6O27Si2/c1-54(99)35-43-71(104)120-80-74(96-98-94)87(124-77-67(50-107-56(3)101)118-88(115-58(5)103)83(121-72(105)44-36-55(2)100)81(77)111-46-59-27-19-16-20-28-59)117-70(53-114-127(14,15)91(9,10)11)76(80)125-89-84(122-85(106)64-32-23-18-24-33-64)82(112-47-60-29-21-17-22-30-60)78(68(119-89)51-108-57(4)102)123-86-73(95-97-93)79(110-48-61-38-41-66(92)42-39-61)75(69(116-86)52-113-126(12,13)90(6,7)8)109-49-62-37-40-63-31-25-26-34-65(63)45-62/h16-34,37-42,45,67-70,73-84,86-89H,35-36,43-44,46-53H2,1-15H3/t67-,68-,69-,70-,73-,74-,75-,76-,77-,78-,79-,80-,81+,82+,83-,84-,86-,87-,88-,89+/m1/s1. The van der Waals surface area contributed by atoms with Gasteiger partial charge >= 0.3 is 35.8 Å². The average Bonchev–Trinajstić information content (AvgIpc) is 0.766. The van der Waals surface area contributed by atoms with Crippen LogP contribution in [0.4, 0.5) is 0 Å². The molecule has 0 saturated carbocycles. The zero-order chi connectivity index (χ0) is 91.9. The summed E-state index contributed by atoms with van der Waals surface area (Å²) in [5.74, 6) is -6.36. The van der Waals surface area contributed by atoms with Crippen LogP contribution in [-0.2, 0) is 149 Å². The Bertz CT molecular complexity index is 4770. The summed E-state index contributed by atoms with van der Waals surface area (Å²) in [6, 6.07) is 43.2. The van der Waals surface area contributed by atoms with Gasteiger partial charge in [0, 0.05) is 47.9 Å². The van der Waals surface area contributed by atoms with Crippen molar-refractivity contribution in [3.63, 3.8) is 0 Å². The van der Waals surface area contributed by atoms with E-state index in [1.165, 1.54) is 26.0 Å². The fourth-order valence-corrected chi connectivity index (χ4v) is 16.4. The van der Waals surface area contributed by atoms with E-state index in [2.05, 4.69) is 69.8 Å². The van der Waals surface area contributed by atoms with E-state index in [0.29, 0.717) is 16.7 Å². The van der Waals surface area contributed by atoms with Gasteiger partial charge in [0.2, 0.25) is 6.29 Å². The van der Waals surface area contributed by atoms with E-state index in [1.807, 2.05) is 101 Å². The first-order valence-electron chi connectivity index (χ1n) is 42.2. The van der Waals surface area contributed by atoms with Crippen molar-refractivity contribution in [1.82, 2.24) is 0 Å². The smallest absolute Gasteiger partial charge is 0.338 e. The van der Waals surface area contributed by atoms with E-state index in [9.17, 15) is 44.6 Å². The van der Waals surface area contributed by atoms with Crippen LogP contribution >= 0.6 is 15.9 Å². The molecule has 4 aliphatic rings. The molecule has 0 radical (unpaired) electrons. The second kappa shape index (κ2) is 46.3. The lowest BCUT2D eigenvalue weighted by molar-refractivity contribution is -0.378. The molecule has 4 heterocycles. The van der Waals surface area contributed by atoms with Gasteiger partial charge in [0.25, 0.3) is 0 Å². The Morgan fingerprint density at radius 1 is 0.386 bits per heavy atom. The number of carbonyl (C=O) groups excluding carboxylic acids is 8. The molecule has 4 aliphatic heterocycles. The molecule has 0 aromatic heterocycles. The SMILES string of the molecule is CC(=O)CCC(=O)O[C@@H]1[C@@H](N=[N+]=[N-])[C@@H](O[C@H]2[C@H](OCc3ccccc3)[C@@H](OC(=O)CCC(C)=O)[C@H](OC(C)=O)O[C@@H]2COC(C)=O)O[C@H](CO[Si](C)(C)C(C)(C)C)[C@H]1O[C@@H]1O[C@H](COC(C)=O)[C@@H](O[C@H]2O[C@H](CO[Si](C)(C)C(C)(C)C)[C@@H](OCc3ccc4ccccc4c3)[C@H](OCc3ccc(Br)cc3)[C@H]2N=[N+]=[N-])[C@H](OCc2ccccc2)[C@H]1OC(=O)c1ccccc1. The van der Waals surface area contributed by atoms with Crippen LogP contribution in [0, 0.1) is 0 Å². The van der Waals surface area contributed by atoms with Gasteiger partial charge in [-0.25, -0.2) is 4.79 Å². The number of fused-ring (bicyclic) bond motifs is 1. The number of benzene rings is 6. The average molecular weight is 1860 g/mol. The molecule has 10 rings (SSSR count). The molecular weight excluding hydrogens is 1750 g/mol. The van der Waals surface area contributed by atoms with Gasteiger partial charge in [-0.2, -0.15) is 0 Å². The minimum absolute atomic E-state index is 0.000755. The lowest BCUT2D eigenvalue weighted by Crippen LogP contribution is -2.69. The minimum atomic E-state index is -3.04. The molecule has 6 aromatic carbocycles. The Morgan fingerprint density at radius 3 is 1.24 bits per heavy atom. The van der Waals surface area contributed by atoms with Crippen LogP contribution < -0.4 is 0 Å². The van der Waals surface area contributed by atoms with Gasteiger partial charge in [0.1, 0.15) is 110 Å². The molecule has 4 fully saturated rings. The molecule has 6 aromatic rings. The summed E-state index contributed by atoms with van der Waals surface area (Å²) in [6.45, 7) is 23.4. The lowest BCUT2D eigenvalue weighted by atomic mass is 9.94. The summed E-state index contributed by atoms with van der Waals surface area (Å²) < 4.78 is 130. The molecule has 4 saturated heterocycles. The van der Waals surface area contributed by atoms with Gasteiger partial charge in [-0.3, -0.25) is 24.0 Å². The zero-order valence-electron chi connectivity index (χ0n) is 74.1. The molecule has 0 bridgehead atoms. The quantitative estimate of drug-likeness (QED) is 0.00859. The molecule has 0 spiro atoms. The third kappa shape index (κ3) is 28.4. The summed E-state index contributed by atoms with van der Waals surface area (Å²) in [5, 5.41) is 9.76. The zero-order valence-corrected chi connectivity index (χ0v) is 77.7. The van der Waals surface area contributed by atoms with Crippen molar-refractivity contribution >= 4 is 90.7 Å². The summed E-state index contributed by atoms with van der Waals surface area (Å²) in [7, 11) is -5.76. The molecule has 0 amide bonds. The number of halogens is 1. The second-order valence-corrected chi connectivity index (χ2v) is 45.2. The number of hydrogen-bond donors (Lipinski definition) is 0. The van der Waals surface area contributed by atoms with Gasteiger partial charge in [-0.05, 0) is 125 Å². The Hall–Kier alpha value is -9.25. The number of rotatable bonds is 41. The van der Waals surface area contributed by atoms with Crippen molar-refractivity contribution in [2.45, 2.75) is 287 Å². The Labute approximate surface area is 749 Å². The highest BCUT2D eigenvalue weighted by Crippen LogP contribution is 2.44. The number of nitrogens with zero attached hydrogens (tertiary/aromatic N) is 6. The Morgan fingerprint density at radius 2 is 0.764 bits per heavy atom. The maximum atomic E-state index is 15.5. The van der Waals surface area contributed by atoms with Crippen molar-refractivity contribution < 1.29 is 128 Å². The fraction of sp³-hybridized carbons (Fsp3) is 0.538. The first-order valence-corrected chi connectivity index (χ1v) is 48.8. The summed E-state index contributed by atoms with van der Waals surface area (Å²) in [6.07, 6.45) is -32.1. The van der Waals surface area contributed by atoms with E-state index in [0.717, 1.165) is 41.6 Å². The molecule has 686 valence electrons. The van der Waals surface area contributed by atoms with Crippen LogP contribution in [-0.4, -0.2) is 213 Å². The first-order chi connectivity index (χ1) is 60.4. The Balaban J connectivity index is 1.16. The second-order valence-electron chi connectivity index (χ2n) is 34.7. The van der Waals surface area contributed by atoms with Crippen LogP contribution in [0.25, 0.3) is 31.7 Å². The number of ether oxygens (including phenoxy) is 17. The molecular formula is C91H115BrN6O27Si2. The molecule has 36 heteroatoms. The highest BCUT2D eigenvalue weighted by Gasteiger charge is 2.61. The number of hydrogen-bond acceptors (Lipinski definition) is 29. The van der Waals surface area contributed by atoms with Gasteiger partial charge in [-0.1, -0.05) is 195 Å². The maximum absolute atomic E-state index is 15.5. The van der Waals surface area contributed by atoms with Crippen molar-refractivity contribution in [2.24, 2.45) is 10.2 Å². The Kier molecular flexibility index (Phi) is 36.4. The van der Waals surface area contributed by atoms with Gasteiger partial charge in [0.05, 0.1) is 58.0 Å². The summed E-state index contributed by atoms with van der Waals surface area (Å²) in [4.78, 5) is 116. The highest BCUT2D eigenvalue weighted by atomic mass is 79.9. The third-order valence-corrected chi connectivity index (χ3v) is 32.5. The van der Waals surface area contributed by atoms with Crippen molar-refractivity contribution in [1.29, 1.82) is 0 Å². The molecule has 33 nitrogen and oxygen atoms in total. The van der Waals surface area contributed by atoms with Crippen LogP contribution in [0.1, 0.15) is 134 Å². The number of ketones is 2.